The molecule has 0 saturated carbocycles. The molecule has 0 aliphatic rings. The molecule has 0 aliphatic carbocycles. The minimum atomic E-state index is -5.21. The lowest BCUT2D eigenvalue weighted by Gasteiger charge is -2.16. The first kappa shape index (κ1) is 15.0. The van der Waals surface area contributed by atoms with E-state index in [1.807, 2.05) is 5.32 Å². The van der Waals surface area contributed by atoms with Crippen molar-refractivity contribution in [2.45, 2.75) is 10.3 Å². The zero-order chi connectivity index (χ0) is 15.5. The second kappa shape index (κ2) is 5.57. The molecule has 0 atom stereocenters. The first-order valence-corrected chi connectivity index (χ1v) is 7.24. The molecule has 1 aromatic heterocycles. The fourth-order valence-corrected chi connectivity index (χ4v) is 2.50. The number of rotatable bonds is 4. The highest BCUT2D eigenvalue weighted by atomic mass is 32.2. The van der Waals surface area contributed by atoms with E-state index in [9.17, 15) is 22.0 Å². The van der Waals surface area contributed by atoms with E-state index in [1.165, 1.54) is 36.4 Å². The lowest BCUT2D eigenvalue weighted by Crippen LogP contribution is -2.42. The summed E-state index contributed by atoms with van der Waals surface area (Å²) >= 11 is 0. The summed E-state index contributed by atoms with van der Waals surface area (Å²) in [5, 5.41) is -3.63. The van der Waals surface area contributed by atoms with Gasteiger partial charge < -0.3 is 5.32 Å². The van der Waals surface area contributed by atoms with E-state index in [-0.39, 0.29) is 5.69 Å². The van der Waals surface area contributed by atoms with Crippen molar-refractivity contribution in [2.24, 2.45) is 0 Å². The summed E-state index contributed by atoms with van der Waals surface area (Å²) in [6, 6.07) is 10.9. The van der Waals surface area contributed by atoms with Crippen LogP contribution in [0.25, 0.3) is 0 Å². The highest BCUT2D eigenvalue weighted by Gasteiger charge is 2.54. The number of benzene rings is 1. The summed E-state index contributed by atoms with van der Waals surface area (Å²) in [5.74, 6) is -1.93. The molecule has 2 aromatic rings. The number of carbonyl (C=O) groups excluding carboxylic acids is 1. The number of nitrogens with zero attached hydrogens (tertiary/aromatic N) is 1. The summed E-state index contributed by atoms with van der Waals surface area (Å²) in [5.41, 5.74) is 0.0680. The molecule has 0 unspecified atom stereocenters. The van der Waals surface area contributed by atoms with Crippen LogP contribution >= 0.6 is 0 Å². The van der Waals surface area contributed by atoms with Crippen LogP contribution in [0.4, 0.5) is 14.5 Å². The highest BCUT2D eigenvalue weighted by Crippen LogP contribution is 2.29. The topological polar surface area (TPSA) is 76.1 Å². The fraction of sp³-hybridized carbons (Fsp3) is 0.0769. The maximum absolute atomic E-state index is 13.9. The Hall–Kier alpha value is -2.35. The minimum absolute atomic E-state index is 0.0680. The molecule has 0 spiro atoms. The Kier molecular flexibility index (Phi) is 3.99. The molecule has 1 aromatic carbocycles. The Labute approximate surface area is 119 Å². The second-order valence-corrected chi connectivity index (χ2v) is 5.95. The third-order valence-corrected chi connectivity index (χ3v) is 4.20. The van der Waals surface area contributed by atoms with Crippen LogP contribution in [0.15, 0.2) is 59.8 Å². The SMILES string of the molecule is O=C(Nc1ccccc1)C(F)(F)S(=O)(=O)c1ccccn1. The van der Waals surface area contributed by atoms with Gasteiger partial charge in [-0.2, -0.15) is 8.78 Å². The quantitative estimate of drug-likeness (QED) is 0.938. The van der Waals surface area contributed by atoms with Crippen molar-refractivity contribution in [1.29, 1.82) is 0 Å². The van der Waals surface area contributed by atoms with Gasteiger partial charge in [-0.05, 0) is 24.3 Å². The molecule has 0 fully saturated rings. The first-order chi connectivity index (χ1) is 9.85. The standard InChI is InChI=1S/C13H10F2N2O3S/c14-13(15,12(18)17-10-6-2-1-3-7-10)21(19,20)11-8-4-5-9-16-11/h1-9H,(H,17,18). The van der Waals surface area contributed by atoms with Gasteiger partial charge in [0.05, 0.1) is 0 Å². The first-order valence-electron chi connectivity index (χ1n) is 5.75. The van der Waals surface area contributed by atoms with E-state index in [1.54, 1.807) is 6.07 Å². The lowest BCUT2D eigenvalue weighted by atomic mass is 10.3. The minimum Gasteiger partial charge on any atom is -0.320 e. The number of para-hydroxylation sites is 1. The average molecular weight is 312 g/mol. The lowest BCUT2D eigenvalue weighted by molar-refractivity contribution is -0.130. The van der Waals surface area contributed by atoms with Crippen molar-refractivity contribution in [1.82, 2.24) is 4.98 Å². The van der Waals surface area contributed by atoms with Crippen LogP contribution in [0.3, 0.4) is 0 Å². The van der Waals surface area contributed by atoms with Crippen LogP contribution in [0.2, 0.25) is 0 Å². The zero-order valence-electron chi connectivity index (χ0n) is 10.5. The largest absolute Gasteiger partial charge is 0.427 e. The Morgan fingerprint density at radius 2 is 1.67 bits per heavy atom. The van der Waals surface area contributed by atoms with Gasteiger partial charge in [0.25, 0.3) is 9.84 Å². The van der Waals surface area contributed by atoms with Gasteiger partial charge in [0, 0.05) is 11.9 Å². The van der Waals surface area contributed by atoms with Crippen LogP contribution in [-0.2, 0) is 14.6 Å². The van der Waals surface area contributed by atoms with Gasteiger partial charge >= 0.3 is 11.2 Å². The van der Waals surface area contributed by atoms with Gasteiger partial charge in [-0.15, -0.1) is 0 Å². The molecule has 21 heavy (non-hydrogen) atoms. The highest BCUT2D eigenvalue weighted by molar-refractivity contribution is 7.93. The molecule has 0 radical (unpaired) electrons. The van der Waals surface area contributed by atoms with E-state index >= 15 is 0 Å². The van der Waals surface area contributed by atoms with E-state index in [4.69, 9.17) is 0 Å². The van der Waals surface area contributed by atoms with Crippen LogP contribution in [0.5, 0.6) is 0 Å². The van der Waals surface area contributed by atoms with E-state index in [2.05, 4.69) is 4.98 Å². The number of sulfone groups is 1. The van der Waals surface area contributed by atoms with Crippen molar-refractivity contribution in [3.05, 3.63) is 54.7 Å². The molecule has 1 N–H and O–H groups in total. The van der Waals surface area contributed by atoms with Crippen molar-refractivity contribution in [2.75, 3.05) is 5.32 Å². The molecule has 5 nitrogen and oxygen atoms in total. The number of anilines is 1. The summed E-state index contributed by atoms with van der Waals surface area (Å²) in [6.45, 7) is 0. The number of aromatic nitrogens is 1. The number of amides is 1. The molecule has 110 valence electrons. The van der Waals surface area contributed by atoms with E-state index < -0.39 is 26.0 Å². The Morgan fingerprint density at radius 1 is 1.05 bits per heavy atom. The third kappa shape index (κ3) is 2.89. The van der Waals surface area contributed by atoms with Gasteiger partial charge in [0.15, 0.2) is 5.03 Å². The molecule has 1 heterocycles. The summed E-state index contributed by atoms with van der Waals surface area (Å²) < 4.78 is 51.5. The van der Waals surface area contributed by atoms with Gasteiger partial charge in [-0.3, -0.25) is 4.79 Å². The summed E-state index contributed by atoms with van der Waals surface area (Å²) in [6.07, 6.45) is 1.05. The number of pyridine rings is 1. The fourth-order valence-electron chi connectivity index (χ4n) is 1.48. The van der Waals surface area contributed by atoms with Gasteiger partial charge in [-0.25, -0.2) is 13.4 Å². The van der Waals surface area contributed by atoms with Gasteiger partial charge in [0.1, 0.15) is 0 Å². The number of carbonyl (C=O) groups is 1. The summed E-state index contributed by atoms with van der Waals surface area (Å²) in [4.78, 5) is 14.9. The maximum atomic E-state index is 13.9. The predicted molar refractivity (Wildman–Crippen MR) is 71.4 cm³/mol. The van der Waals surface area contributed by atoms with E-state index in [0.29, 0.717) is 0 Å². The van der Waals surface area contributed by atoms with E-state index in [0.717, 1.165) is 12.3 Å². The maximum Gasteiger partial charge on any atom is 0.427 e. The third-order valence-electron chi connectivity index (χ3n) is 2.55. The van der Waals surface area contributed by atoms with Gasteiger partial charge in [0.2, 0.25) is 0 Å². The average Bonchev–Trinajstić information content (AvgIpc) is 2.49. The molecular formula is C13H10F2N2O3S. The predicted octanol–water partition coefficient (Wildman–Crippen LogP) is 2.09. The Balaban J connectivity index is 2.31. The molecule has 2 rings (SSSR count). The molecule has 0 bridgehead atoms. The molecular weight excluding hydrogens is 302 g/mol. The molecule has 0 saturated heterocycles. The normalized spacial score (nSPS) is 11.9. The Morgan fingerprint density at radius 3 is 2.24 bits per heavy atom. The van der Waals surface area contributed by atoms with Crippen molar-refractivity contribution in [3.63, 3.8) is 0 Å². The van der Waals surface area contributed by atoms with Crippen LogP contribution in [-0.4, -0.2) is 24.6 Å². The number of hydrogen-bond donors (Lipinski definition) is 1. The van der Waals surface area contributed by atoms with Crippen molar-refractivity contribution < 1.29 is 22.0 Å². The van der Waals surface area contributed by atoms with Crippen LogP contribution in [0, 0.1) is 0 Å². The zero-order valence-corrected chi connectivity index (χ0v) is 11.3. The molecule has 0 aliphatic heterocycles. The Bertz CT molecular complexity index is 735. The van der Waals surface area contributed by atoms with Crippen molar-refractivity contribution >= 4 is 21.4 Å². The molecule has 1 amide bonds. The number of hydrogen-bond acceptors (Lipinski definition) is 4. The number of alkyl halides is 2. The second-order valence-electron chi connectivity index (χ2n) is 4.01. The van der Waals surface area contributed by atoms with Crippen LogP contribution in [0.1, 0.15) is 0 Å². The number of nitrogens with one attached hydrogen (secondary N) is 1. The monoisotopic (exact) mass is 312 g/mol. The van der Waals surface area contributed by atoms with Crippen LogP contribution < -0.4 is 5.32 Å². The number of halogens is 2. The molecule has 8 heteroatoms. The van der Waals surface area contributed by atoms with Gasteiger partial charge in [-0.1, -0.05) is 24.3 Å². The van der Waals surface area contributed by atoms with Crippen molar-refractivity contribution in [3.8, 4) is 0 Å². The smallest absolute Gasteiger partial charge is 0.320 e. The summed E-state index contributed by atoms with van der Waals surface area (Å²) in [7, 11) is -5.21.